The Morgan fingerprint density at radius 1 is 1.00 bits per heavy atom. The summed E-state index contributed by atoms with van der Waals surface area (Å²) in [7, 11) is 1.59. The molecule has 148 valence electrons. The van der Waals surface area contributed by atoms with Gasteiger partial charge in [0.1, 0.15) is 23.8 Å². The van der Waals surface area contributed by atoms with Gasteiger partial charge in [-0.25, -0.2) is 0 Å². The van der Waals surface area contributed by atoms with Crippen molar-refractivity contribution in [2.24, 2.45) is 0 Å². The van der Waals surface area contributed by atoms with Crippen molar-refractivity contribution in [3.63, 3.8) is 0 Å². The zero-order chi connectivity index (χ0) is 20.2. The average Bonchev–Trinajstić information content (AvgIpc) is 3.16. The van der Waals surface area contributed by atoms with E-state index >= 15 is 0 Å². The maximum absolute atomic E-state index is 12.2. The van der Waals surface area contributed by atoms with Crippen LogP contribution in [0, 0.1) is 0 Å². The number of methoxy groups -OCH3 is 1. The molecule has 0 unspecified atom stereocenters. The standard InChI is InChI=1S/C21H16F2N2O4/c1-26-17-5-3-2-4-15(17)19-16-10-11-18(24-20(16)29-25-19)27-12-13-6-8-14(9-7-13)28-21(22)23/h2-11,21H,12H2,1H3. The molecule has 0 fully saturated rings. The molecule has 29 heavy (non-hydrogen) atoms. The lowest BCUT2D eigenvalue weighted by Gasteiger charge is -2.07. The van der Waals surface area contributed by atoms with E-state index in [1.165, 1.54) is 12.1 Å². The summed E-state index contributed by atoms with van der Waals surface area (Å²) in [5.41, 5.74) is 2.55. The smallest absolute Gasteiger partial charge is 0.387 e. The van der Waals surface area contributed by atoms with Crippen LogP contribution in [0.25, 0.3) is 22.4 Å². The third-order valence-electron chi connectivity index (χ3n) is 4.21. The van der Waals surface area contributed by atoms with E-state index in [1.54, 1.807) is 25.3 Å². The molecule has 2 aromatic heterocycles. The van der Waals surface area contributed by atoms with Crippen molar-refractivity contribution in [3.8, 4) is 28.6 Å². The summed E-state index contributed by atoms with van der Waals surface area (Å²) in [4.78, 5) is 4.33. The third kappa shape index (κ3) is 4.11. The lowest BCUT2D eigenvalue weighted by atomic mass is 10.1. The molecule has 4 aromatic rings. The highest BCUT2D eigenvalue weighted by atomic mass is 19.3. The normalized spacial score (nSPS) is 11.0. The number of alkyl halides is 2. The first-order valence-corrected chi connectivity index (χ1v) is 8.70. The Morgan fingerprint density at radius 3 is 2.55 bits per heavy atom. The Hall–Kier alpha value is -3.68. The SMILES string of the molecule is COc1ccccc1-c1noc2nc(OCc3ccc(OC(F)F)cc3)ccc12. The molecule has 0 radical (unpaired) electrons. The molecule has 2 aromatic carbocycles. The molecule has 0 aliphatic rings. The molecule has 0 aliphatic carbocycles. The van der Waals surface area contributed by atoms with Gasteiger partial charge in [-0.05, 0) is 35.9 Å². The molecule has 0 spiro atoms. The van der Waals surface area contributed by atoms with Gasteiger partial charge < -0.3 is 18.7 Å². The number of hydrogen-bond acceptors (Lipinski definition) is 6. The maximum Gasteiger partial charge on any atom is 0.387 e. The molecule has 6 nitrogen and oxygen atoms in total. The van der Waals surface area contributed by atoms with Crippen molar-refractivity contribution in [3.05, 3.63) is 66.2 Å². The number of ether oxygens (including phenoxy) is 3. The van der Waals surface area contributed by atoms with Crippen LogP contribution in [0.2, 0.25) is 0 Å². The summed E-state index contributed by atoms with van der Waals surface area (Å²) >= 11 is 0. The van der Waals surface area contributed by atoms with Crippen LogP contribution in [0.3, 0.4) is 0 Å². The van der Waals surface area contributed by atoms with E-state index in [9.17, 15) is 8.78 Å². The van der Waals surface area contributed by atoms with E-state index in [0.29, 0.717) is 23.0 Å². The van der Waals surface area contributed by atoms with Gasteiger partial charge in [0, 0.05) is 11.6 Å². The Morgan fingerprint density at radius 2 is 1.79 bits per heavy atom. The summed E-state index contributed by atoms with van der Waals surface area (Å²) in [6, 6.07) is 17.2. The second-order valence-electron chi connectivity index (χ2n) is 6.04. The summed E-state index contributed by atoms with van der Waals surface area (Å²) in [5, 5.41) is 4.85. The summed E-state index contributed by atoms with van der Waals surface area (Å²) in [6.45, 7) is -2.64. The molecule has 8 heteroatoms. The van der Waals surface area contributed by atoms with Crippen molar-refractivity contribution in [1.82, 2.24) is 10.1 Å². The molecule has 0 atom stereocenters. The third-order valence-corrected chi connectivity index (χ3v) is 4.21. The maximum atomic E-state index is 12.2. The molecule has 0 saturated heterocycles. The highest BCUT2D eigenvalue weighted by Crippen LogP contribution is 2.34. The van der Waals surface area contributed by atoms with E-state index in [4.69, 9.17) is 14.0 Å². The molecular formula is C21H16F2N2O4. The number of hydrogen-bond donors (Lipinski definition) is 0. The first-order valence-electron chi connectivity index (χ1n) is 8.70. The lowest BCUT2D eigenvalue weighted by Crippen LogP contribution is -2.02. The Bertz CT molecular complexity index is 1110. The van der Waals surface area contributed by atoms with Gasteiger partial charge in [0.2, 0.25) is 5.88 Å². The minimum absolute atomic E-state index is 0.0915. The minimum Gasteiger partial charge on any atom is -0.496 e. The topological polar surface area (TPSA) is 66.6 Å². The summed E-state index contributed by atoms with van der Waals surface area (Å²) in [6.07, 6.45) is 0. The summed E-state index contributed by atoms with van der Waals surface area (Å²) in [5.74, 6) is 1.13. The predicted molar refractivity (Wildman–Crippen MR) is 101 cm³/mol. The van der Waals surface area contributed by atoms with Crippen molar-refractivity contribution >= 4 is 11.1 Å². The Kier molecular flexibility index (Phi) is 5.24. The molecule has 4 rings (SSSR count). The number of aromatic nitrogens is 2. The second-order valence-corrected chi connectivity index (χ2v) is 6.04. The van der Waals surface area contributed by atoms with Crippen molar-refractivity contribution in [1.29, 1.82) is 0 Å². The summed E-state index contributed by atoms with van der Waals surface area (Å²) < 4.78 is 45.1. The van der Waals surface area contributed by atoms with Gasteiger partial charge in [-0.3, -0.25) is 0 Å². The molecular weight excluding hydrogens is 382 g/mol. The number of nitrogens with zero attached hydrogens (tertiary/aromatic N) is 2. The number of fused-ring (bicyclic) bond motifs is 1. The van der Waals surface area contributed by atoms with E-state index in [0.717, 1.165) is 16.5 Å². The Balaban J connectivity index is 1.50. The molecule has 0 amide bonds. The zero-order valence-electron chi connectivity index (χ0n) is 15.3. The molecule has 0 N–H and O–H groups in total. The highest BCUT2D eigenvalue weighted by Gasteiger charge is 2.16. The first kappa shape index (κ1) is 18.7. The van der Waals surface area contributed by atoms with Crippen molar-refractivity contribution in [2.75, 3.05) is 7.11 Å². The monoisotopic (exact) mass is 398 g/mol. The van der Waals surface area contributed by atoms with Crippen LogP contribution in [0.1, 0.15) is 5.56 Å². The van der Waals surface area contributed by atoms with Crippen LogP contribution in [0.5, 0.6) is 17.4 Å². The van der Waals surface area contributed by atoms with Crippen molar-refractivity contribution in [2.45, 2.75) is 13.2 Å². The van der Waals surface area contributed by atoms with E-state index < -0.39 is 6.61 Å². The van der Waals surface area contributed by atoms with Gasteiger partial charge in [-0.2, -0.15) is 13.8 Å². The molecule has 0 bridgehead atoms. The zero-order valence-corrected chi connectivity index (χ0v) is 15.3. The number of rotatable bonds is 7. The van der Waals surface area contributed by atoms with Crippen LogP contribution >= 0.6 is 0 Å². The van der Waals surface area contributed by atoms with Gasteiger partial charge in [-0.15, -0.1) is 0 Å². The predicted octanol–water partition coefficient (Wildman–Crippen LogP) is 5.08. The first-order chi connectivity index (χ1) is 14.1. The van der Waals surface area contributed by atoms with Crippen LogP contribution in [0.4, 0.5) is 8.78 Å². The van der Waals surface area contributed by atoms with E-state index in [2.05, 4.69) is 14.9 Å². The van der Waals surface area contributed by atoms with Gasteiger partial charge in [0.05, 0.1) is 12.5 Å². The molecule has 2 heterocycles. The lowest BCUT2D eigenvalue weighted by molar-refractivity contribution is -0.0498. The van der Waals surface area contributed by atoms with Crippen LogP contribution in [-0.2, 0) is 6.61 Å². The number of benzene rings is 2. The molecule has 0 aliphatic heterocycles. The fraction of sp³-hybridized carbons (Fsp3) is 0.143. The van der Waals surface area contributed by atoms with Gasteiger partial charge in [0.25, 0.3) is 5.71 Å². The average molecular weight is 398 g/mol. The van der Waals surface area contributed by atoms with E-state index in [1.807, 2.05) is 30.3 Å². The van der Waals surface area contributed by atoms with E-state index in [-0.39, 0.29) is 12.4 Å². The number of pyridine rings is 1. The molecule has 0 saturated carbocycles. The fourth-order valence-corrected chi connectivity index (χ4v) is 2.85. The van der Waals surface area contributed by atoms with Crippen molar-refractivity contribution < 1.29 is 27.5 Å². The van der Waals surface area contributed by atoms with Crippen LogP contribution in [-0.4, -0.2) is 23.9 Å². The van der Waals surface area contributed by atoms with Crippen LogP contribution in [0.15, 0.2) is 65.2 Å². The fourth-order valence-electron chi connectivity index (χ4n) is 2.85. The van der Waals surface area contributed by atoms with Gasteiger partial charge >= 0.3 is 6.61 Å². The highest BCUT2D eigenvalue weighted by molar-refractivity contribution is 5.91. The number of para-hydroxylation sites is 1. The van der Waals surface area contributed by atoms with Gasteiger partial charge in [0.15, 0.2) is 0 Å². The second kappa shape index (κ2) is 8.14. The van der Waals surface area contributed by atoms with Gasteiger partial charge in [-0.1, -0.05) is 29.4 Å². The minimum atomic E-state index is -2.85. The van der Waals surface area contributed by atoms with Crippen LogP contribution < -0.4 is 14.2 Å². The largest absolute Gasteiger partial charge is 0.496 e. The quantitative estimate of drug-likeness (QED) is 0.433. The number of halogens is 2. The Labute approximate surface area is 164 Å².